The molecular weight excluding hydrogens is 309 g/mol. The van der Waals surface area contributed by atoms with Crippen molar-refractivity contribution >= 4 is 11.8 Å². The van der Waals surface area contributed by atoms with E-state index in [-0.39, 0.29) is 11.7 Å². The molecule has 4 nitrogen and oxygen atoms in total. The van der Waals surface area contributed by atoms with Crippen molar-refractivity contribution in [3.05, 3.63) is 29.8 Å². The molecule has 1 fully saturated rings. The van der Waals surface area contributed by atoms with Gasteiger partial charge in [0.15, 0.2) is 0 Å². The van der Waals surface area contributed by atoms with Crippen molar-refractivity contribution in [1.82, 2.24) is 4.90 Å². The molecule has 1 saturated heterocycles. The van der Waals surface area contributed by atoms with E-state index < -0.39 is 23.4 Å². The zero-order chi connectivity index (χ0) is 17.3. The van der Waals surface area contributed by atoms with Gasteiger partial charge in [-0.3, -0.25) is 0 Å². The fraction of sp³-hybridized carbons (Fsp3) is 0.562. The van der Waals surface area contributed by atoms with Gasteiger partial charge in [-0.2, -0.15) is 13.2 Å². The Balaban J connectivity index is 2.00. The van der Waals surface area contributed by atoms with Crippen molar-refractivity contribution in [3.8, 4) is 0 Å². The molecule has 0 aromatic heterocycles. The van der Waals surface area contributed by atoms with Crippen molar-refractivity contribution in [2.24, 2.45) is 0 Å². The summed E-state index contributed by atoms with van der Waals surface area (Å²) in [6.07, 6.45) is -4.27. The molecule has 1 N–H and O–H groups in total. The van der Waals surface area contributed by atoms with Gasteiger partial charge < -0.3 is 15.0 Å². The van der Waals surface area contributed by atoms with E-state index in [1.165, 1.54) is 17.0 Å². The number of hydrogen-bond acceptors (Lipinski definition) is 3. The van der Waals surface area contributed by atoms with Gasteiger partial charge in [0.2, 0.25) is 0 Å². The Labute approximate surface area is 133 Å². The number of rotatable bonds is 2. The second kappa shape index (κ2) is 6.29. The minimum absolute atomic E-state index is 0.0380. The van der Waals surface area contributed by atoms with E-state index in [2.05, 4.69) is 5.32 Å². The molecule has 1 unspecified atom stereocenters. The predicted molar refractivity (Wildman–Crippen MR) is 81.3 cm³/mol. The van der Waals surface area contributed by atoms with Crippen LogP contribution in [-0.2, 0) is 10.9 Å². The number of nitrogens with zero attached hydrogens (tertiary/aromatic N) is 1. The highest BCUT2D eigenvalue weighted by atomic mass is 19.4. The van der Waals surface area contributed by atoms with Gasteiger partial charge in [0.1, 0.15) is 5.60 Å². The van der Waals surface area contributed by atoms with Crippen molar-refractivity contribution in [2.45, 2.75) is 45.0 Å². The van der Waals surface area contributed by atoms with Crippen LogP contribution in [0.2, 0.25) is 0 Å². The van der Waals surface area contributed by atoms with E-state index in [9.17, 15) is 18.0 Å². The third-order valence-electron chi connectivity index (χ3n) is 3.43. The molecule has 0 saturated carbocycles. The van der Waals surface area contributed by atoms with Gasteiger partial charge in [-0.05, 0) is 39.3 Å². The lowest BCUT2D eigenvalue weighted by Gasteiger charge is -2.24. The van der Waals surface area contributed by atoms with Crippen molar-refractivity contribution in [3.63, 3.8) is 0 Å². The molecule has 128 valence electrons. The Hall–Kier alpha value is -1.92. The van der Waals surface area contributed by atoms with Crippen LogP contribution in [0, 0.1) is 0 Å². The molecule has 1 aromatic rings. The SMILES string of the molecule is CC(C)(C)OC(=O)N1CCC(Nc2ccccc2C(F)(F)F)C1. The van der Waals surface area contributed by atoms with E-state index in [4.69, 9.17) is 4.74 Å². The van der Waals surface area contributed by atoms with Gasteiger partial charge in [-0.15, -0.1) is 0 Å². The lowest BCUT2D eigenvalue weighted by Crippen LogP contribution is -2.36. The van der Waals surface area contributed by atoms with Crippen molar-refractivity contribution < 1.29 is 22.7 Å². The highest BCUT2D eigenvalue weighted by Crippen LogP contribution is 2.35. The van der Waals surface area contributed by atoms with E-state index in [0.29, 0.717) is 19.5 Å². The first-order valence-electron chi connectivity index (χ1n) is 7.47. The smallest absolute Gasteiger partial charge is 0.418 e. The number of anilines is 1. The summed E-state index contributed by atoms with van der Waals surface area (Å²) in [7, 11) is 0. The molecule has 7 heteroatoms. The number of hydrogen-bond donors (Lipinski definition) is 1. The van der Waals surface area contributed by atoms with Crippen LogP contribution in [0.25, 0.3) is 0 Å². The van der Waals surface area contributed by atoms with Gasteiger partial charge in [0, 0.05) is 24.8 Å². The molecule has 1 atom stereocenters. The summed E-state index contributed by atoms with van der Waals surface area (Å²) in [6, 6.07) is 5.13. The fourth-order valence-electron chi connectivity index (χ4n) is 2.45. The van der Waals surface area contributed by atoms with Crippen LogP contribution in [0.3, 0.4) is 0 Å². The maximum Gasteiger partial charge on any atom is 0.418 e. The number of likely N-dealkylation sites (tertiary alicyclic amines) is 1. The van der Waals surface area contributed by atoms with Crippen LogP contribution in [0.1, 0.15) is 32.8 Å². The Bertz CT molecular complexity index is 567. The zero-order valence-electron chi connectivity index (χ0n) is 13.4. The van der Waals surface area contributed by atoms with Crippen molar-refractivity contribution in [1.29, 1.82) is 0 Å². The molecule has 23 heavy (non-hydrogen) atoms. The lowest BCUT2D eigenvalue weighted by atomic mass is 10.1. The fourth-order valence-corrected chi connectivity index (χ4v) is 2.45. The molecule has 0 bridgehead atoms. The maximum absolute atomic E-state index is 13.0. The van der Waals surface area contributed by atoms with Crippen molar-refractivity contribution in [2.75, 3.05) is 18.4 Å². The summed E-state index contributed by atoms with van der Waals surface area (Å²) >= 11 is 0. The molecule has 1 aliphatic rings. The number of para-hydroxylation sites is 1. The monoisotopic (exact) mass is 330 g/mol. The summed E-state index contributed by atoms with van der Waals surface area (Å²) in [5.74, 6) is 0. The van der Waals surface area contributed by atoms with Crippen LogP contribution in [0.15, 0.2) is 24.3 Å². The third kappa shape index (κ3) is 4.77. The summed E-state index contributed by atoms with van der Waals surface area (Å²) < 4.78 is 44.2. The van der Waals surface area contributed by atoms with E-state index in [1.54, 1.807) is 26.8 Å². The number of carbonyl (C=O) groups is 1. The Kier molecular flexibility index (Phi) is 4.77. The molecular formula is C16H21F3N2O2. The molecule has 0 spiro atoms. The van der Waals surface area contributed by atoms with Crippen LogP contribution in [-0.4, -0.2) is 35.7 Å². The minimum Gasteiger partial charge on any atom is -0.444 e. The number of benzene rings is 1. The highest BCUT2D eigenvalue weighted by molar-refractivity contribution is 5.68. The standard InChI is InChI=1S/C16H21F3N2O2/c1-15(2,3)23-14(22)21-9-8-11(10-21)20-13-7-5-4-6-12(13)16(17,18)19/h4-7,11,20H,8-10H2,1-3H3. The van der Waals surface area contributed by atoms with Crippen LogP contribution >= 0.6 is 0 Å². The maximum atomic E-state index is 13.0. The number of carbonyl (C=O) groups excluding carboxylic acids is 1. The summed E-state index contributed by atoms with van der Waals surface area (Å²) in [5, 5.41) is 2.89. The molecule has 0 aliphatic carbocycles. The van der Waals surface area contributed by atoms with E-state index in [0.717, 1.165) is 6.07 Å². The van der Waals surface area contributed by atoms with Gasteiger partial charge in [0.05, 0.1) is 5.56 Å². The zero-order valence-corrected chi connectivity index (χ0v) is 13.4. The largest absolute Gasteiger partial charge is 0.444 e. The minimum atomic E-state index is -4.41. The van der Waals surface area contributed by atoms with Crippen LogP contribution in [0.5, 0.6) is 0 Å². The highest BCUT2D eigenvalue weighted by Gasteiger charge is 2.35. The number of nitrogens with one attached hydrogen (secondary N) is 1. The summed E-state index contributed by atoms with van der Waals surface area (Å²) in [5.41, 5.74) is -1.25. The van der Waals surface area contributed by atoms with Gasteiger partial charge in [-0.25, -0.2) is 4.79 Å². The summed E-state index contributed by atoms with van der Waals surface area (Å²) in [6.45, 7) is 6.10. The first-order chi connectivity index (χ1) is 10.6. The molecule has 1 aromatic carbocycles. The predicted octanol–water partition coefficient (Wildman–Crippen LogP) is 4.13. The Morgan fingerprint density at radius 3 is 2.52 bits per heavy atom. The molecule has 0 radical (unpaired) electrons. The van der Waals surface area contributed by atoms with Crippen LogP contribution in [0.4, 0.5) is 23.7 Å². The number of ether oxygens (including phenoxy) is 1. The molecule has 1 amide bonds. The number of amides is 1. The Morgan fingerprint density at radius 2 is 1.91 bits per heavy atom. The number of halogens is 3. The van der Waals surface area contributed by atoms with E-state index >= 15 is 0 Å². The first-order valence-corrected chi connectivity index (χ1v) is 7.47. The van der Waals surface area contributed by atoms with E-state index in [1.807, 2.05) is 0 Å². The first kappa shape index (κ1) is 17.4. The lowest BCUT2D eigenvalue weighted by molar-refractivity contribution is -0.137. The Morgan fingerprint density at radius 1 is 1.26 bits per heavy atom. The van der Waals surface area contributed by atoms with Gasteiger partial charge >= 0.3 is 12.3 Å². The van der Waals surface area contributed by atoms with Gasteiger partial charge in [0.25, 0.3) is 0 Å². The molecule has 1 aliphatic heterocycles. The number of alkyl halides is 3. The van der Waals surface area contributed by atoms with Crippen LogP contribution < -0.4 is 5.32 Å². The molecule has 1 heterocycles. The van der Waals surface area contributed by atoms with Gasteiger partial charge in [-0.1, -0.05) is 12.1 Å². The third-order valence-corrected chi connectivity index (χ3v) is 3.43. The summed E-state index contributed by atoms with van der Waals surface area (Å²) in [4.78, 5) is 13.5. The average molecular weight is 330 g/mol. The topological polar surface area (TPSA) is 41.6 Å². The normalized spacial score (nSPS) is 18.9. The quantitative estimate of drug-likeness (QED) is 0.886. The second-order valence-electron chi connectivity index (χ2n) is 6.60. The second-order valence-corrected chi connectivity index (χ2v) is 6.60. The average Bonchev–Trinajstić information content (AvgIpc) is 2.85. The molecule has 2 rings (SSSR count).